The number of benzene rings is 3. The number of hydrogen-bond acceptors (Lipinski definition) is 6. The maximum atomic E-state index is 13.5. The van der Waals surface area contributed by atoms with Gasteiger partial charge in [0.15, 0.2) is 0 Å². The van der Waals surface area contributed by atoms with Crippen LogP contribution in [0.25, 0.3) is 10.8 Å². The van der Waals surface area contributed by atoms with Gasteiger partial charge in [0, 0.05) is 35.5 Å². The lowest BCUT2D eigenvalue weighted by molar-refractivity contribution is -0.384. The van der Waals surface area contributed by atoms with E-state index in [0.717, 1.165) is 24.2 Å². The highest BCUT2D eigenvalue weighted by molar-refractivity contribution is 6.37. The molecule has 0 atom stereocenters. The smallest absolute Gasteiger partial charge is 0.293 e. The highest BCUT2D eigenvalue weighted by Crippen LogP contribution is 2.44. The van der Waals surface area contributed by atoms with Crippen LogP contribution in [0.5, 0.6) is 5.75 Å². The fraction of sp³-hybridized carbons (Fsp3) is 0.250. The Labute approximate surface area is 183 Å². The average molecular weight is 431 g/mol. The summed E-state index contributed by atoms with van der Waals surface area (Å²) in [5.41, 5.74) is 1.69. The van der Waals surface area contributed by atoms with Gasteiger partial charge in [0.25, 0.3) is 17.5 Å². The van der Waals surface area contributed by atoms with Gasteiger partial charge in [0.2, 0.25) is 0 Å². The number of hydrogen-bond donors (Lipinski definition) is 1. The van der Waals surface area contributed by atoms with E-state index in [-0.39, 0.29) is 17.0 Å². The molecule has 0 unspecified atom stereocenters. The summed E-state index contributed by atoms with van der Waals surface area (Å²) in [6.07, 6.45) is 2.95. The number of aromatic hydroxyl groups is 1. The van der Waals surface area contributed by atoms with Gasteiger partial charge in [0.05, 0.1) is 16.2 Å². The molecule has 32 heavy (non-hydrogen) atoms. The van der Waals surface area contributed by atoms with E-state index >= 15 is 0 Å². The second-order valence-electron chi connectivity index (χ2n) is 8.24. The predicted molar refractivity (Wildman–Crippen MR) is 121 cm³/mol. The molecule has 1 fully saturated rings. The molecular formula is C24H21N3O5. The van der Waals surface area contributed by atoms with Crippen molar-refractivity contribution in [3.63, 3.8) is 0 Å². The van der Waals surface area contributed by atoms with Crippen LogP contribution in [0.2, 0.25) is 0 Å². The number of imide groups is 1. The van der Waals surface area contributed by atoms with Crippen LogP contribution in [-0.2, 0) is 0 Å². The first kappa shape index (κ1) is 20.0. The van der Waals surface area contributed by atoms with Crippen molar-refractivity contribution in [2.75, 3.05) is 22.9 Å². The largest absolute Gasteiger partial charge is 0.508 e. The Balaban J connectivity index is 1.78. The molecule has 2 heterocycles. The van der Waals surface area contributed by atoms with Crippen molar-refractivity contribution in [1.82, 2.24) is 0 Å². The molecule has 0 aliphatic carbocycles. The summed E-state index contributed by atoms with van der Waals surface area (Å²) < 4.78 is 0. The Hall–Kier alpha value is -3.94. The Bertz CT molecular complexity index is 1310. The van der Waals surface area contributed by atoms with Crippen molar-refractivity contribution >= 4 is 39.6 Å². The molecule has 162 valence electrons. The maximum absolute atomic E-state index is 13.5. The Morgan fingerprint density at radius 1 is 0.969 bits per heavy atom. The van der Waals surface area contributed by atoms with Gasteiger partial charge in [-0.15, -0.1) is 0 Å². The van der Waals surface area contributed by atoms with Gasteiger partial charge in [-0.2, -0.15) is 0 Å². The molecule has 2 aliphatic heterocycles. The normalized spacial score (nSPS) is 16.0. The first-order valence-electron chi connectivity index (χ1n) is 10.6. The van der Waals surface area contributed by atoms with E-state index in [9.17, 15) is 24.8 Å². The summed E-state index contributed by atoms with van der Waals surface area (Å²) in [4.78, 5) is 41.6. The Kier molecular flexibility index (Phi) is 4.58. The summed E-state index contributed by atoms with van der Waals surface area (Å²) in [6, 6.07) is 10.8. The van der Waals surface area contributed by atoms with Crippen LogP contribution in [0.15, 0.2) is 42.5 Å². The molecular weight excluding hydrogens is 410 g/mol. The molecule has 8 nitrogen and oxygen atoms in total. The fourth-order valence-corrected chi connectivity index (χ4v) is 4.83. The second kappa shape index (κ2) is 7.33. The zero-order chi connectivity index (χ0) is 22.6. The molecule has 2 aliphatic rings. The van der Waals surface area contributed by atoms with Crippen LogP contribution in [0.1, 0.15) is 45.5 Å². The molecule has 1 N–H and O–H groups in total. The summed E-state index contributed by atoms with van der Waals surface area (Å²) in [7, 11) is 0. The second-order valence-corrected chi connectivity index (χ2v) is 8.24. The topological polar surface area (TPSA) is 104 Å². The van der Waals surface area contributed by atoms with Gasteiger partial charge in [-0.05, 0) is 56.0 Å². The van der Waals surface area contributed by atoms with Crippen LogP contribution in [-0.4, -0.2) is 34.9 Å². The van der Waals surface area contributed by atoms with Gasteiger partial charge in [-0.1, -0.05) is 12.1 Å². The Morgan fingerprint density at radius 2 is 1.69 bits per heavy atom. The van der Waals surface area contributed by atoms with E-state index in [0.29, 0.717) is 46.4 Å². The first-order chi connectivity index (χ1) is 15.4. The van der Waals surface area contributed by atoms with Crippen LogP contribution < -0.4 is 9.80 Å². The minimum absolute atomic E-state index is 0.0208. The van der Waals surface area contributed by atoms with Crippen LogP contribution in [0.3, 0.4) is 0 Å². The zero-order valence-electron chi connectivity index (χ0n) is 17.5. The van der Waals surface area contributed by atoms with Gasteiger partial charge in [-0.25, -0.2) is 4.90 Å². The number of phenols is 1. The van der Waals surface area contributed by atoms with Crippen molar-refractivity contribution in [3.8, 4) is 5.75 Å². The van der Waals surface area contributed by atoms with Crippen molar-refractivity contribution in [2.24, 2.45) is 0 Å². The van der Waals surface area contributed by atoms with E-state index in [1.54, 1.807) is 25.1 Å². The van der Waals surface area contributed by atoms with Gasteiger partial charge < -0.3 is 10.0 Å². The van der Waals surface area contributed by atoms with Crippen molar-refractivity contribution in [1.29, 1.82) is 0 Å². The highest BCUT2D eigenvalue weighted by atomic mass is 16.6. The van der Waals surface area contributed by atoms with E-state index in [1.807, 2.05) is 4.90 Å². The lowest BCUT2D eigenvalue weighted by Gasteiger charge is -2.32. The summed E-state index contributed by atoms with van der Waals surface area (Å²) in [5, 5.41) is 22.8. The minimum Gasteiger partial charge on any atom is -0.508 e. The lowest BCUT2D eigenvalue weighted by Crippen LogP contribution is -2.41. The number of nitro benzene ring substituents is 1. The third kappa shape index (κ3) is 2.90. The number of aryl methyl sites for hydroxylation is 1. The van der Waals surface area contributed by atoms with Crippen molar-refractivity contribution in [2.45, 2.75) is 26.2 Å². The van der Waals surface area contributed by atoms with E-state index in [4.69, 9.17) is 0 Å². The van der Waals surface area contributed by atoms with Crippen molar-refractivity contribution in [3.05, 3.63) is 69.3 Å². The molecule has 0 bridgehead atoms. The van der Waals surface area contributed by atoms with Crippen LogP contribution in [0, 0.1) is 17.0 Å². The molecule has 0 radical (unpaired) electrons. The number of nitro groups is 1. The summed E-state index contributed by atoms with van der Waals surface area (Å²) in [6.45, 7) is 3.08. The SMILES string of the molecule is Cc1cc(O)ccc1N1C(=O)c2cccc3c(N4CCCCC4)c([N+](=O)[O-])cc(c23)C1=O. The molecule has 8 heteroatoms. The minimum atomic E-state index is -0.610. The van der Waals surface area contributed by atoms with E-state index < -0.39 is 16.7 Å². The highest BCUT2D eigenvalue weighted by Gasteiger charge is 2.38. The number of piperidine rings is 1. The first-order valence-corrected chi connectivity index (χ1v) is 10.6. The quantitative estimate of drug-likeness (QED) is 0.371. The predicted octanol–water partition coefficient (Wildman–Crippen LogP) is 4.55. The summed E-state index contributed by atoms with van der Waals surface area (Å²) in [5.74, 6) is -1.08. The average Bonchev–Trinajstić information content (AvgIpc) is 2.78. The van der Waals surface area contributed by atoms with Crippen molar-refractivity contribution < 1.29 is 19.6 Å². The number of anilines is 2. The van der Waals surface area contributed by atoms with Gasteiger partial charge in [0.1, 0.15) is 11.4 Å². The molecule has 2 amide bonds. The molecule has 0 spiro atoms. The van der Waals surface area contributed by atoms with Gasteiger partial charge >= 0.3 is 0 Å². The molecule has 3 aromatic carbocycles. The zero-order valence-corrected chi connectivity index (χ0v) is 17.5. The third-order valence-electron chi connectivity index (χ3n) is 6.27. The fourth-order valence-electron chi connectivity index (χ4n) is 4.83. The van der Waals surface area contributed by atoms with Crippen LogP contribution in [0.4, 0.5) is 17.1 Å². The maximum Gasteiger partial charge on any atom is 0.293 e. The lowest BCUT2D eigenvalue weighted by atomic mass is 9.90. The molecule has 0 saturated carbocycles. The summed E-state index contributed by atoms with van der Waals surface area (Å²) >= 11 is 0. The van der Waals surface area contributed by atoms with Gasteiger partial charge in [-0.3, -0.25) is 19.7 Å². The number of carbonyl (C=O) groups excluding carboxylic acids is 2. The molecule has 3 aromatic rings. The number of phenolic OH excluding ortho intramolecular Hbond substituents is 1. The van der Waals surface area contributed by atoms with Crippen LogP contribution >= 0.6 is 0 Å². The molecule has 1 saturated heterocycles. The Morgan fingerprint density at radius 3 is 2.38 bits per heavy atom. The number of rotatable bonds is 3. The molecule has 5 rings (SSSR count). The molecule has 0 aromatic heterocycles. The number of amides is 2. The third-order valence-corrected chi connectivity index (χ3v) is 6.27. The van der Waals surface area contributed by atoms with E-state index in [1.165, 1.54) is 24.3 Å². The standard InChI is InChI=1S/C24H21N3O5/c1-14-12-15(28)8-9-19(14)26-23(29)17-7-5-6-16-21(17)18(24(26)30)13-20(27(31)32)22(16)25-10-3-2-4-11-25/h5-9,12-13,28H,2-4,10-11H2,1H3. The number of carbonyl (C=O) groups is 2. The monoisotopic (exact) mass is 431 g/mol. The number of nitrogens with zero attached hydrogens (tertiary/aromatic N) is 3. The van der Waals surface area contributed by atoms with E-state index in [2.05, 4.69) is 0 Å².